The molecule has 1 rings (SSSR count). The summed E-state index contributed by atoms with van der Waals surface area (Å²) >= 11 is 0. The number of rotatable bonds is 7. The third-order valence-electron chi connectivity index (χ3n) is 4.08. The van der Waals surface area contributed by atoms with Gasteiger partial charge in [-0.3, -0.25) is 4.99 Å². The first-order chi connectivity index (χ1) is 10.9. The molecule has 0 bridgehead atoms. The van der Waals surface area contributed by atoms with Crippen molar-refractivity contribution < 1.29 is 9.47 Å². The van der Waals surface area contributed by atoms with E-state index in [0.717, 1.165) is 30.4 Å². The molecular formula is C18H31N3O2. The van der Waals surface area contributed by atoms with E-state index < -0.39 is 0 Å². The first-order valence-electron chi connectivity index (χ1n) is 8.07. The van der Waals surface area contributed by atoms with Crippen LogP contribution in [0.4, 0.5) is 0 Å². The average molecular weight is 321 g/mol. The lowest BCUT2D eigenvalue weighted by atomic mass is 9.84. The molecule has 5 heteroatoms. The van der Waals surface area contributed by atoms with Gasteiger partial charge >= 0.3 is 0 Å². The zero-order chi connectivity index (χ0) is 17.5. The van der Waals surface area contributed by atoms with E-state index in [-0.39, 0.29) is 5.41 Å². The normalized spacial score (nSPS) is 13.4. The van der Waals surface area contributed by atoms with Crippen molar-refractivity contribution in [1.82, 2.24) is 10.6 Å². The minimum absolute atomic E-state index is 0.0768. The SMILES string of the molecule is CCC(C)NC(=NC)NCC(C)(C)c1ccc(OC)c(OC)c1. The number of hydrogen-bond acceptors (Lipinski definition) is 3. The summed E-state index contributed by atoms with van der Waals surface area (Å²) in [7, 11) is 5.10. The fraction of sp³-hybridized carbons (Fsp3) is 0.611. The molecule has 0 saturated carbocycles. The Morgan fingerprint density at radius 1 is 1.22 bits per heavy atom. The average Bonchev–Trinajstić information content (AvgIpc) is 2.57. The van der Waals surface area contributed by atoms with Crippen LogP contribution in [0.2, 0.25) is 0 Å². The third-order valence-corrected chi connectivity index (χ3v) is 4.08. The van der Waals surface area contributed by atoms with Crippen LogP contribution in [0.3, 0.4) is 0 Å². The Morgan fingerprint density at radius 3 is 2.39 bits per heavy atom. The zero-order valence-corrected chi connectivity index (χ0v) is 15.5. The van der Waals surface area contributed by atoms with E-state index >= 15 is 0 Å². The maximum atomic E-state index is 5.40. The predicted molar refractivity (Wildman–Crippen MR) is 96.8 cm³/mol. The zero-order valence-electron chi connectivity index (χ0n) is 15.5. The number of nitrogens with one attached hydrogen (secondary N) is 2. The van der Waals surface area contributed by atoms with Crippen LogP contribution in [-0.4, -0.2) is 39.8 Å². The lowest BCUT2D eigenvalue weighted by Gasteiger charge is -2.28. The van der Waals surface area contributed by atoms with Crippen molar-refractivity contribution in [1.29, 1.82) is 0 Å². The second-order valence-corrected chi connectivity index (χ2v) is 6.33. The lowest BCUT2D eigenvalue weighted by Crippen LogP contribution is -2.46. The number of benzene rings is 1. The van der Waals surface area contributed by atoms with Crippen LogP contribution in [0.15, 0.2) is 23.2 Å². The summed E-state index contributed by atoms with van der Waals surface area (Å²) in [5.74, 6) is 2.32. The monoisotopic (exact) mass is 321 g/mol. The molecule has 0 heterocycles. The first-order valence-corrected chi connectivity index (χ1v) is 8.07. The Balaban J connectivity index is 2.82. The van der Waals surface area contributed by atoms with E-state index in [1.165, 1.54) is 5.56 Å². The van der Waals surface area contributed by atoms with Gasteiger partial charge in [0.05, 0.1) is 14.2 Å². The quantitative estimate of drug-likeness (QED) is 0.599. The molecule has 23 heavy (non-hydrogen) atoms. The fourth-order valence-corrected chi connectivity index (χ4v) is 2.19. The van der Waals surface area contributed by atoms with E-state index in [0.29, 0.717) is 6.04 Å². The Kier molecular flexibility index (Phi) is 7.20. The molecular weight excluding hydrogens is 290 g/mol. The highest BCUT2D eigenvalue weighted by Crippen LogP contribution is 2.32. The first kappa shape index (κ1) is 19.1. The van der Waals surface area contributed by atoms with Crippen molar-refractivity contribution in [3.8, 4) is 11.5 Å². The molecule has 1 atom stereocenters. The minimum Gasteiger partial charge on any atom is -0.493 e. The van der Waals surface area contributed by atoms with Crippen molar-refractivity contribution >= 4 is 5.96 Å². The predicted octanol–water partition coefficient (Wildman–Crippen LogP) is 2.94. The van der Waals surface area contributed by atoms with Crippen LogP contribution in [-0.2, 0) is 5.41 Å². The van der Waals surface area contributed by atoms with Crippen molar-refractivity contribution in [2.45, 2.75) is 45.6 Å². The number of aliphatic imine (C=N–C) groups is 1. The summed E-state index contributed by atoms with van der Waals surface area (Å²) in [5.41, 5.74) is 1.11. The summed E-state index contributed by atoms with van der Waals surface area (Å²) in [5, 5.41) is 6.78. The van der Waals surface area contributed by atoms with Gasteiger partial charge in [0.25, 0.3) is 0 Å². The number of guanidine groups is 1. The topological polar surface area (TPSA) is 54.9 Å². The van der Waals surface area contributed by atoms with Gasteiger partial charge in [0.2, 0.25) is 0 Å². The molecule has 0 aromatic heterocycles. The molecule has 0 aliphatic heterocycles. The largest absolute Gasteiger partial charge is 0.493 e. The molecule has 130 valence electrons. The number of methoxy groups -OCH3 is 2. The van der Waals surface area contributed by atoms with Crippen molar-refractivity contribution in [3.05, 3.63) is 23.8 Å². The number of ether oxygens (including phenoxy) is 2. The molecule has 1 aromatic rings. The van der Waals surface area contributed by atoms with Crippen molar-refractivity contribution in [3.63, 3.8) is 0 Å². The highest BCUT2D eigenvalue weighted by molar-refractivity contribution is 5.80. The van der Waals surface area contributed by atoms with Gasteiger partial charge in [-0.25, -0.2) is 0 Å². The summed E-state index contributed by atoms with van der Waals surface area (Å²) in [6, 6.07) is 6.45. The Hall–Kier alpha value is -1.91. The molecule has 0 spiro atoms. The molecule has 1 aromatic carbocycles. The Bertz CT molecular complexity index is 527. The van der Waals surface area contributed by atoms with Crippen molar-refractivity contribution in [2.24, 2.45) is 4.99 Å². The van der Waals surface area contributed by atoms with E-state index in [1.807, 2.05) is 12.1 Å². The maximum absolute atomic E-state index is 5.40. The van der Waals surface area contributed by atoms with Crippen molar-refractivity contribution in [2.75, 3.05) is 27.8 Å². The second kappa shape index (κ2) is 8.65. The highest BCUT2D eigenvalue weighted by atomic mass is 16.5. The molecule has 0 aliphatic carbocycles. The lowest BCUT2D eigenvalue weighted by molar-refractivity contribution is 0.353. The van der Waals surface area contributed by atoms with Gasteiger partial charge in [-0.15, -0.1) is 0 Å². The van der Waals surface area contributed by atoms with Gasteiger partial charge in [-0.2, -0.15) is 0 Å². The summed E-state index contributed by atoms with van der Waals surface area (Å²) in [4.78, 5) is 4.28. The maximum Gasteiger partial charge on any atom is 0.191 e. The highest BCUT2D eigenvalue weighted by Gasteiger charge is 2.23. The Morgan fingerprint density at radius 2 is 1.87 bits per heavy atom. The van der Waals surface area contributed by atoms with Crippen LogP contribution in [0.5, 0.6) is 11.5 Å². The number of nitrogens with zero attached hydrogens (tertiary/aromatic N) is 1. The van der Waals surface area contributed by atoms with Gasteiger partial charge in [-0.05, 0) is 31.0 Å². The van der Waals surface area contributed by atoms with Gasteiger partial charge in [-0.1, -0.05) is 26.8 Å². The molecule has 0 fully saturated rings. The van der Waals surface area contributed by atoms with E-state index in [1.54, 1.807) is 21.3 Å². The van der Waals surface area contributed by atoms with Crippen LogP contribution in [0.1, 0.15) is 39.7 Å². The minimum atomic E-state index is -0.0768. The molecule has 0 amide bonds. The standard InChI is InChI=1S/C18H31N3O2/c1-8-13(2)21-17(19-5)20-12-18(3,4)14-9-10-15(22-6)16(11-14)23-7/h9-11,13H,8,12H2,1-7H3,(H2,19,20,21). The summed E-state index contributed by atoms with van der Waals surface area (Å²) < 4.78 is 10.7. The molecule has 1 unspecified atom stereocenters. The summed E-state index contributed by atoms with van der Waals surface area (Å²) in [6.07, 6.45) is 1.06. The summed E-state index contributed by atoms with van der Waals surface area (Å²) in [6.45, 7) is 9.44. The number of hydrogen-bond donors (Lipinski definition) is 2. The van der Waals surface area contributed by atoms with Gasteiger partial charge in [0, 0.05) is 25.0 Å². The van der Waals surface area contributed by atoms with Crippen LogP contribution < -0.4 is 20.1 Å². The van der Waals surface area contributed by atoms with Crippen LogP contribution >= 0.6 is 0 Å². The fourth-order valence-electron chi connectivity index (χ4n) is 2.19. The van der Waals surface area contributed by atoms with Gasteiger partial charge < -0.3 is 20.1 Å². The molecule has 0 radical (unpaired) electrons. The van der Waals surface area contributed by atoms with E-state index in [2.05, 4.69) is 49.4 Å². The second-order valence-electron chi connectivity index (χ2n) is 6.33. The third kappa shape index (κ3) is 5.34. The molecule has 0 saturated heterocycles. The van der Waals surface area contributed by atoms with Gasteiger partial charge in [0.15, 0.2) is 17.5 Å². The molecule has 5 nitrogen and oxygen atoms in total. The van der Waals surface area contributed by atoms with Gasteiger partial charge in [0.1, 0.15) is 0 Å². The van der Waals surface area contributed by atoms with E-state index in [9.17, 15) is 0 Å². The van der Waals surface area contributed by atoms with Crippen LogP contribution in [0.25, 0.3) is 0 Å². The smallest absolute Gasteiger partial charge is 0.191 e. The molecule has 0 aliphatic rings. The Labute approximate surface area is 140 Å². The van der Waals surface area contributed by atoms with E-state index in [4.69, 9.17) is 9.47 Å². The molecule has 2 N–H and O–H groups in total. The van der Waals surface area contributed by atoms with Crippen LogP contribution in [0, 0.1) is 0 Å².